The van der Waals surface area contributed by atoms with Crippen LogP contribution >= 0.6 is 0 Å². The lowest BCUT2D eigenvalue weighted by Gasteiger charge is -2.08. The van der Waals surface area contributed by atoms with Crippen molar-refractivity contribution in [1.82, 2.24) is 0 Å². The summed E-state index contributed by atoms with van der Waals surface area (Å²) < 4.78 is 0. The molecule has 0 aromatic heterocycles. The Balaban J connectivity index is 2.64. The Kier molecular flexibility index (Phi) is 1.58. The number of hydrogen-bond donors (Lipinski definition) is 2. The highest BCUT2D eigenvalue weighted by Gasteiger charge is 2.23. The van der Waals surface area contributed by atoms with Crippen LogP contribution in [-0.2, 0) is 6.42 Å². The molecular formula is C10H13NO. The molecule has 0 fully saturated rings. The Bertz CT molecular complexity index is 320. The fourth-order valence-electron chi connectivity index (χ4n) is 1.95. The van der Waals surface area contributed by atoms with E-state index in [4.69, 9.17) is 5.73 Å². The molecule has 1 atom stereocenters. The first-order valence-electron chi connectivity index (χ1n) is 4.27. The number of hydrogen-bond acceptors (Lipinski definition) is 2. The van der Waals surface area contributed by atoms with Crippen molar-refractivity contribution in [1.29, 1.82) is 0 Å². The van der Waals surface area contributed by atoms with Gasteiger partial charge in [-0.15, -0.1) is 0 Å². The summed E-state index contributed by atoms with van der Waals surface area (Å²) in [7, 11) is 0. The second kappa shape index (κ2) is 2.49. The molecule has 64 valence electrons. The molecule has 0 saturated carbocycles. The van der Waals surface area contributed by atoms with Crippen molar-refractivity contribution in [3.63, 3.8) is 0 Å². The zero-order valence-electron chi connectivity index (χ0n) is 7.17. The molecule has 0 saturated heterocycles. The lowest BCUT2D eigenvalue weighted by atomic mass is 10.0. The molecule has 0 spiro atoms. The van der Waals surface area contributed by atoms with Crippen LogP contribution in [-0.4, -0.2) is 5.11 Å². The summed E-state index contributed by atoms with van der Waals surface area (Å²) in [5.74, 6) is 0.362. The number of rotatable bonds is 0. The second-order valence-corrected chi connectivity index (χ2v) is 3.44. The molecule has 3 N–H and O–H groups in total. The number of phenolic OH excluding ortho intramolecular Hbond substituents is 1. The summed E-state index contributed by atoms with van der Waals surface area (Å²) in [6.07, 6.45) is 1.98. The normalized spacial score (nSPS) is 21.0. The van der Waals surface area contributed by atoms with Crippen molar-refractivity contribution in [2.45, 2.75) is 25.8 Å². The van der Waals surface area contributed by atoms with Crippen molar-refractivity contribution >= 4 is 0 Å². The van der Waals surface area contributed by atoms with E-state index in [-0.39, 0.29) is 6.04 Å². The van der Waals surface area contributed by atoms with Crippen LogP contribution in [0.25, 0.3) is 0 Å². The summed E-state index contributed by atoms with van der Waals surface area (Å²) >= 11 is 0. The fourth-order valence-corrected chi connectivity index (χ4v) is 1.95. The topological polar surface area (TPSA) is 46.2 Å². The number of fused-ring (bicyclic) bond motifs is 1. The van der Waals surface area contributed by atoms with E-state index in [2.05, 4.69) is 6.92 Å². The summed E-state index contributed by atoms with van der Waals surface area (Å²) in [6.45, 7) is 2.07. The van der Waals surface area contributed by atoms with Crippen LogP contribution in [0.4, 0.5) is 0 Å². The van der Waals surface area contributed by atoms with Crippen molar-refractivity contribution in [2.75, 3.05) is 0 Å². The van der Waals surface area contributed by atoms with E-state index in [9.17, 15) is 5.11 Å². The monoisotopic (exact) mass is 163 g/mol. The molecule has 0 bridgehead atoms. The van der Waals surface area contributed by atoms with Gasteiger partial charge in [0.2, 0.25) is 0 Å². The Labute approximate surface area is 72.0 Å². The molecule has 0 radical (unpaired) electrons. The van der Waals surface area contributed by atoms with E-state index < -0.39 is 0 Å². The predicted molar refractivity (Wildman–Crippen MR) is 48.1 cm³/mol. The number of aryl methyl sites for hydroxylation is 1. The van der Waals surface area contributed by atoms with Gasteiger partial charge in [-0.3, -0.25) is 0 Å². The molecule has 0 amide bonds. The van der Waals surface area contributed by atoms with Gasteiger partial charge in [0.05, 0.1) is 0 Å². The molecule has 1 aromatic carbocycles. The van der Waals surface area contributed by atoms with Crippen LogP contribution in [0.3, 0.4) is 0 Å². The van der Waals surface area contributed by atoms with Gasteiger partial charge in [-0.1, -0.05) is 6.07 Å². The molecule has 0 heterocycles. The van der Waals surface area contributed by atoms with Gasteiger partial charge < -0.3 is 10.8 Å². The van der Waals surface area contributed by atoms with Gasteiger partial charge in [0.1, 0.15) is 5.75 Å². The zero-order valence-corrected chi connectivity index (χ0v) is 7.17. The minimum atomic E-state index is 0.0416. The van der Waals surface area contributed by atoms with E-state index >= 15 is 0 Å². The molecule has 1 aliphatic carbocycles. The van der Waals surface area contributed by atoms with Crippen LogP contribution in [0.2, 0.25) is 0 Å². The van der Waals surface area contributed by atoms with Gasteiger partial charge in [-0.05, 0) is 37.0 Å². The van der Waals surface area contributed by atoms with Crippen molar-refractivity contribution in [3.8, 4) is 5.75 Å². The maximum absolute atomic E-state index is 9.55. The van der Waals surface area contributed by atoms with Crippen LogP contribution in [0.5, 0.6) is 5.75 Å². The first-order chi connectivity index (χ1) is 5.70. The predicted octanol–water partition coefficient (Wildman–Crippen LogP) is 1.65. The number of phenols is 1. The van der Waals surface area contributed by atoms with E-state index in [0.29, 0.717) is 5.75 Å². The Morgan fingerprint density at radius 1 is 1.50 bits per heavy atom. The largest absolute Gasteiger partial charge is 0.508 e. The highest BCUT2D eigenvalue weighted by molar-refractivity contribution is 5.48. The molecule has 2 heteroatoms. The molecule has 0 unspecified atom stereocenters. The quantitative estimate of drug-likeness (QED) is 0.610. The lowest BCUT2D eigenvalue weighted by molar-refractivity contribution is 0.463. The molecule has 2 nitrogen and oxygen atoms in total. The van der Waals surface area contributed by atoms with Crippen molar-refractivity contribution < 1.29 is 5.11 Å². The standard InChI is InChI=1S/C10H13NO/c1-6-2-5-9(12)10-7(6)3-4-8(10)11/h2,5,8,12H,3-4,11H2,1H3/t8-/m0/s1. The molecule has 2 rings (SSSR count). The van der Waals surface area contributed by atoms with E-state index in [1.165, 1.54) is 11.1 Å². The van der Waals surface area contributed by atoms with Gasteiger partial charge in [0.15, 0.2) is 0 Å². The molecular weight excluding hydrogens is 150 g/mol. The van der Waals surface area contributed by atoms with Gasteiger partial charge >= 0.3 is 0 Å². The molecule has 1 aromatic rings. The van der Waals surface area contributed by atoms with Gasteiger partial charge in [0.25, 0.3) is 0 Å². The van der Waals surface area contributed by atoms with Gasteiger partial charge in [0, 0.05) is 11.6 Å². The average molecular weight is 163 g/mol. The minimum Gasteiger partial charge on any atom is -0.508 e. The highest BCUT2D eigenvalue weighted by Crippen LogP contribution is 2.37. The Morgan fingerprint density at radius 2 is 2.25 bits per heavy atom. The van der Waals surface area contributed by atoms with Gasteiger partial charge in [-0.25, -0.2) is 0 Å². The van der Waals surface area contributed by atoms with Crippen LogP contribution in [0, 0.1) is 6.92 Å². The smallest absolute Gasteiger partial charge is 0.120 e. The zero-order chi connectivity index (χ0) is 8.72. The fraction of sp³-hybridized carbons (Fsp3) is 0.400. The summed E-state index contributed by atoms with van der Waals surface area (Å²) in [5.41, 5.74) is 9.32. The Morgan fingerprint density at radius 3 is 2.92 bits per heavy atom. The van der Waals surface area contributed by atoms with E-state index in [1.807, 2.05) is 6.07 Å². The SMILES string of the molecule is Cc1ccc(O)c2c1CC[C@@H]2N. The summed E-state index contributed by atoms with van der Waals surface area (Å²) in [5, 5.41) is 9.55. The molecule has 1 aliphatic rings. The third-order valence-electron chi connectivity index (χ3n) is 2.64. The summed E-state index contributed by atoms with van der Waals surface area (Å²) in [6, 6.07) is 3.73. The average Bonchev–Trinajstić information content (AvgIpc) is 2.42. The summed E-state index contributed by atoms with van der Waals surface area (Å²) in [4.78, 5) is 0. The van der Waals surface area contributed by atoms with Crippen LogP contribution in [0.1, 0.15) is 29.2 Å². The van der Waals surface area contributed by atoms with Crippen molar-refractivity contribution in [3.05, 3.63) is 28.8 Å². The van der Waals surface area contributed by atoms with Crippen LogP contribution in [0.15, 0.2) is 12.1 Å². The maximum Gasteiger partial charge on any atom is 0.120 e. The lowest BCUT2D eigenvalue weighted by Crippen LogP contribution is -2.05. The third kappa shape index (κ3) is 0.916. The maximum atomic E-state index is 9.55. The third-order valence-corrected chi connectivity index (χ3v) is 2.64. The number of nitrogens with two attached hydrogens (primary N) is 1. The Hall–Kier alpha value is -1.02. The first kappa shape index (κ1) is 7.62. The number of aromatic hydroxyl groups is 1. The molecule has 12 heavy (non-hydrogen) atoms. The molecule has 0 aliphatic heterocycles. The number of benzene rings is 1. The van der Waals surface area contributed by atoms with E-state index in [1.54, 1.807) is 6.07 Å². The second-order valence-electron chi connectivity index (χ2n) is 3.44. The minimum absolute atomic E-state index is 0.0416. The van der Waals surface area contributed by atoms with E-state index in [0.717, 1.165) is 18.4 Å². The van der Waals surface area contributed by atoms with Crippen molar-refractivity contribution in [2.24, 2.45) is 5.73 Å². The van der Waals surface area contributed by atoms with Crippen LogP contribution < -0.4 is 5.73 Å². The van der Waals surface area contributed by atoms with Gasteiger partial charge in [-0.2, -0.15) is 0 Å². The first-order valence-corrected chi connectivity index (χ1v) is 4.27. The highest BCUT2D eigenvalue weighted by atomic mass is 16.3.